The number of aliphatic hydroxyl groups is 1. The fourth-order valence-corrected chi connectivity index (χ4v) is 2.68. The van der Waals surface area contributed by atoms with E-state index in [0.717, 1.165) is 24.8 Å². The Morgan fingerprint density at radius 1 is 1.33 bits per heavy atom. The van der Waals surface area contributed by atoms with Crippen molar-refractivity contribution in [2.24, 2.45) is 5.92 Å². The maximum atomic E-state index is 12.0. The number of carbonyl (C=O) groups excluding carboxylic acids is 1. The summed E-state index contributed by atoms with van der Waals surface area (Å²) in [5.41, 5.74) is 0.729. The zero-order valence-electron chi connectivity index (χ0n) is 11.6. The van der Waals surface area contributed by atoms with Gasteiger partial charge in [0.1, 0.15) is 5.75 Å². The van der Waals surface area contributed by atoms with Gasteiger partial charge in [0.2, 0.25) is 5.91 Å². The van der Waals surface area contributed by atoms with Crippen LogP contribution in [0.2, 0.25) is 0 Å². The van der Waals surface area contributed by atoms with Gasteiger partial charge in [-0.3, -0.25) is 4.79 Å². The van der Waals surface area contributed by atoms with Crippen molar-refractivity contribution in [3.63, 3.8) is 0 Å². The maximum absolute atomic E-state index is 12.0. The molecule has 0 bridgehead atoms. The van der Waals surface area contributed by atoms with Crippen LogP contribution in [0.4, 0.5) is 8.78 Å². The van der Waals surface area contributed by atoms with Crippen molar-refractivity contribution in [2.45, 2.75) is 38.3 Å². The molecule has 0 saturated heterocycles. The first-order valence-corrected chi connectivity index (χ1v) is 7.02. The highest BCUT2D eigenvalue weighted by molar-refractivity contribution is 5.79. The summed E-state index contributed by atoms with van der Waals surface area (Å²) in [7, 11) is 0. The van der Waals surface area contributed by atoms with E-state index in [4.69, 9.17) is 0 Å². The minimum Gasteiger partial charge on any atom is -0.435 e. The Morgan fingerprint density at radius 3 is 2.67 bits per heavy atom. The van der Waals surface area contributed by atoms with E-state index in [9.17, 15) is 18.7 Å². The number of alkyl halides is 2. The van der Waals surface area contributed by atoms with E-state index in [1.807, 2.05) is 0 Å². The van der Waals surface area contributed by atoms with Crippen molar-refractivity contribution in [2.75, 3.05) is 6.61 Å². The molecule has 2 rings (SSSR count). The molecule has 2 atom stereocenters. The number of ether oxygens (including phenoxy) is 1. The van der Waals surface area contributed by atoms with Crippen molar-refractivity contribution in [1.29, 1.82) is 0 Å². The van der Waals surface area contributed by atoms with E-state index in [-0.39, 0.29) is 36.6 Å². The number of carbonyl (C=O) groups is 1. The Bertz CT molecular complexity index is 464. The molecule has 1 aliphatic rings. The summed E-state index contributed by atoms with van der Waals surface area (Å²) < 4.78 is 28.3. The van der Waals surface area contributed by atoms with Crippen molar-refractivity contribution >= 4 is 5.91 Å². The fourth-order valence-electron chi connectivity index (χ4n) is 2.68. The molecular formula is C15H19F2NO3. The summed E-state index contributed by atoms with van der Waals surface area (Å²) in [4.78, 5) is 11.9. The molecule has 2 N–H and O–H groups in total. The highest BCUT2D eigenvalue weighted by Gasteiger charge is 2.27. The second-order valence-corrected chi connectivity index (χ2v) is 5.25. The lowest BCUT2D eigenvalue weighted by atomic mass is 10.0. The van der Waals surface area contributed by atoms with Gasteiger partial charge in [0.25, 0.3) is 0 Å². The van der Waals surface area contributed by atoms with Gasteiger partial charge in [-0.1, -0.05) is 18.6 Å². The predicted molar refractivity (Wildman–Crippen MR) is 73.1 cm³/mol. The first-order chi connectivity index (χ1) is 10.1. The van der Waals surface area contributed by atoms with E-state index >= 15 is 0 Å². The third kappa shape index (κ3) is 4.67. The van der Waals surface area contributed by atoms with Crippen molar-refractivity contribution in [3.05, 3.63) is 29.8 Å². The van der Waals surface area contributed by atoms with Crippen LogP contribution >= 0.6 is 0 Å². The van der Waals surface area contributed by atoms with Gasteiger partial charge in [-0.15, -0.1) is 0 Å². The molecule has 1 aliphatic carbocycles. The summed E-state index contributed by atoms with van der Waals surface area (Å²) in [5.74, 6) is 0.0870. The molecule has 6 heteroatoms. The Morgan fingerprint density at radius 2 is 2.05 bits per heavy atom. The summed E-state index contributed by atoms with van der Waals surface area (Å²) in [6, 6.07) is 6.05. The van der Waals surface area contributed by atoms with Gasteiger partial charge in [-0.05, 0) is 30.5 Å². The topological polar surface area (TPSA) is 58.6 Å². The average molecular weight is 299 g/mol. The van der Waals surface area contributed by atoms with Crippen LogP contribution in [0.15, 0.2) is 24.3 Å². The van der Waals surface area contributed by atoms with Gasteiger partial charge >= 0.3 is 6.61 Å². The molecule has 1 fully saturated rings. The SMILES string of the molecule is O=C(Cc1ccc(OC(F)F)cc1)NC1CCCC1CO. The summed E-state index contributed by atoms with van der Waals surface area (Å²) in [5, 5.41) is 12.1. The molecule has 0 aromatic heterocycles. The Balaban J connectivity index is 1.85. The maximum Gasteiger partial charge on any atom is 0.387 e. The van der Waals surface area contributed by atoms with E-state index in [1.54, 1.807) is 12.1 Å². The van der Waals surface area contributed by atoms with Crippen LogP contribution in [0.3, 0.4) is 0 Å². The number of hydrogen-bond acceptors (Lipinski definition) is 3. The van der Waals surface area contributed by atoms with Crippen molar-refractivity contribution < 1.29 is 23.4 Å². The molecule has 116 valence electrons. The van der Waals surface area contributed by atoms with Crippen molar-refractivity contribution in [1.82, 2.24) is 5.32 Å². The average Bonchev–Trinajstić information content (AvgIpc) is 2.87. The molecule has 0 aliphatic heterocycles. The van der Waals surface area contributed by atoms with Crippen LogP contribution in [0.1, 0.15) is 24.8 Å². The smallest absolute Gasteiger partial charge is 0.387 e. The molecule has 0 heterocycles. The van der Waals surface area contributed by atoms with Crippen LogP contribution < -0.4 is 10.1 Å². The lowest BCUT2D eigenvalue weighted by Crippen LogP contribution is -2.39. The third-order valence-corrected chi connectivity index (χ3v) is 3.75. The third-order valence-electron chi connectivity index (χ3n) is 3.75. The quantitative estimate of drug-likeness (QED) is 0.846. The van der Waals surface area contributed by atoms with Crippen LogP contribution in [-0.2, 0) is 11.2 Å². The number of nitrogens with one attached hydrogen (secondary N) is 1. The summed E-state index contributed by atoms with van der Waals surface area (Å²) in [6.45, 7) is -2.76. The molecular weight excluding hydrogens is 280 g/mol. The molecule has 0 radical (unpaired) electrons. The minimum absolute atomic E-state index is 0.0314. The van der Waals surface area contributed by atoms with Crippen LogP contribution in [0, 0.1) is 5.92 Å². The molecule has 1 amide bonds. The normalized spacial score (nSPS) is 21.5. The second kappa shape index (κ2) is 7.36. The van der Waals surface area contributed by atoms with E-state index in [2.05, 4.69) is 10.1 Å². The number of halogens is 2. The molecule has 1 saturated carbocycles. The van der Waals surface area contributed by atoms with Gasteiger partial charge in [0, 0.05) is 18.6 Å². The molecule has 2 unspecified atom stereocenters. The minimum atomic E-state index is -2.85. The molecule has 21 heavy (non-hydrogen) atoms. The van der Waals surface area contributed by atoms with Crippen molar-refractivity contribution in [3.8, 4) is 5.75 Å². The van der Waals surface area contributed by atoms with E-state index in [0.29, 0.717) is 0 Å². The largest absolute Gasteiger partial charge is 0.435 e. The number of aliphatic hydroxyl groups excluding tert-OH is 1. The molecule has 1 aromatic carbocycles. The number of amides is 1. The van der Waals surface area contributed by atoms with E-state index in [1.165, 1.54) is 12.1 Å². The molecule has 1 aromatic rings. The molecule has 0 spiro atoms. The Hall–Kier alpha value is -1.69. The zero-order valence-corrected chi connectivity index (χ0v) is 11.6. The lowest BCUT2D eigenvalue weighted by Gasteiger charge is -2.19. The van der Waals surface area contributed by atoms with Crippen LogP contribution in [0.5, 0.6) is 5.75 Å². The number of rotatable bonds is 6. The fraction of sp³-hybridized carbons (Fsp3) is 0.533. The highest BCUT2D eigenvalue weighted by atomic mass is 19.3. The predicted octanol–water partition coefficient (Wildman–Crippen LogP) is 2.11. The van der Waals surface area contributed by atoms with Gasteiger partial charge < -0.3 is 15.2 Å². The molecule has 4 nitrogen and oxygen atoms in total. The highest BCUT2D eigenvalue weighted by Crippen LogP contribution is 2.25. The van der Waals surface area contributed by atoms with Gasteiger partial charge in [-0.25, -0.2) is 0 Å². The monoisotopic (exact) mass is 299 g/mol. The standard InChI is InChI=1S/C15H19F2NO3/c16-15(17)21-12-6-4-10(5-7-12)8-14(20)18-13-3-1-2-11(13)9-19/h4-7,11,13,15,19H,1-3,8-9H2,(H,18,20). The van der Waals surface area contributed by atoms with Crippen LogP contribution in [0.25, 0.3) is 0 Å². The Labute approximate surface area is 122 Å². The lowest BCUT2D eigenvalue weighted by molar-refractivity contribution is -0.121. The van der Waals surface area contributed by atoms with Gasteiger partial charge in [0.15, 0.2) is 0 Å². The number of hydrogen-bond donors (Lipinski definition) is 2. The zero-order chi connectivity index (χ0) is 15.2. The Kier molecular flexibility index (Phi) is 5.50. The van der Waals surface area contributed by atoms with Gasteiger partial charge in [0.05, 0.1) is 6.42 Å². The first-order valence-electron chi connectivity index (χ1n) is 7.02. The number of benzene rings is 1. The first kappa shape index (κ1) is 15.7. The van der Waals surface area contributed by atoms with Crippen LogP contribution in [-0.4, -0.2) is 30.3 Å². The second-order valence-electron chi connectivity index (χ2n) is 5.25. The van der Waals surface area contributed by atoms with Gasteiger partial charge in [-0.2, -0.15) is 8.78 Å². The van der Waals surface area contributed by atoms with E-state index < -0.39 is 6.61 Å². The summed E-state index contributed by atoms with van der Waals surface area (Å²) >= 11 is 0. The summed E-state index contributed by atoms with van der Waals surface area (Å²) in [6.07, 6.45) is 3.01.